The Morgan fingerprint density at radius 2 is 2.16 bits per heavy atom. The number of nitrogens with one attached hydrogen (secondary N) is 1. The molecule has 0 aliphatic heterocycles. The van der Waals surface area contributed by atoms with Crippen molar-refractivity contribution in [2.75, 3.05) is 7.11 Å². The molecular weight excluding hydrogens is 242 g/mol. The average Bonchev–Trinajstić information content (AvgIpc) is 3.17. The van der Waals surface area contributed by atoms with E-state index in [0.717, 1.165) is 5.56 Å². The van der Waals surface area contributed by atoms with Crippen LogP contribution in [-0.2, 0) is 11.3 Å². The first-order valence-electron chi connectivity index (χ1n) is 6.50. The maximum atomic E-state index is 5.47. The molecule has 1 atom stereocenters. The first kappa shape index (κ1) is 12.3. The van der Waals surface area contributed by atoms with Gasteiger partial charge in [0.05, 0.1) is 6.54 Å². The molecule has 1 N–H and O–H groups in total. The molecule has 1 saturated carbocycles. The maximum Gasteiger partial charge on any atom is 0.240 e. The molecule has 5 heteroatoms. The fourth-order valence-corrected chi connectivity index (χ4v) is 1.98. The molecule has 2 aromatic rings. The van der Waals surface area contributed by atoms with Crippen molar-refractivity contribution < 1.29 is 9.26 Å². The van der Waals surface area contributed by atoms with Gasteiger partial charge in [0.25, 0.3) is 0 Å². The van der Waals surface area contributed by atoms with E-state index in [0.29, 0.717) is 24.3 Å². The Balaban J connectivity index is 1.72. The number of aromatic nitrogens is 2. The molecule has 0 radical (unpaired) electrons. The van der Waals surface area contributed by atoms with E-state index in [9.17, 15) is 0 Å². The van der Waals surface area contributed by atoms with Crippen LogP contribution in [0.5, 0.6) is 0 Å². The van der Waals surface area contributed by atoms with Gasteiger partial charge in [0.15, 0.2) is 0 Å². The minimum absolute atomic E-state index is 0.278. The zero-order chi connectivity index (χ0) is 13.1. The van der Waals surface area contributed by atoms with Crippen molar-refractivity contribution in [3.8, 4) is 0 Å². The summed E-state index contributed by atoms with van der Waals surface area (Å²) in [4.78, 5) is 4.39. The zero-order valence-electron chi connectivity index (χ0n) is 10.9. The number of rotatable bonds is 6. The Kier molecular flexibility index (Phi) is 3.57. The molecule has 19 heavy (non-hydrogen) atoms. The van der Waals surface area contributed by atoms with Gasteiger partial charge < -0.3 is 14.6 Å². The Hall–Kier alpha value is -1.72. The van der Waals surface area contributed by atoms with Crippen LogP contribution in [0.1, 0.15) is 36.2 Å². The third-order valence-electron chi connectivity index (χ3n) is 3.18. The predicted molar refractivity (Wildman–Crippen MR) is 69.5 cm³/mol. The lowest BCUT2D eigenvalue weighted by molar-refractivity contribution is 0.126. The Morgan fingerprint density at radius 3 is 2.84 bits per heavy atom. The summed E-state index contributed by atoms with van der Waals surface area (Å²) in [5.74, 6) is 1.18. The molecule has 0 bridgehead atoms. The Morgan fingerprint density at radius 1 is 1.37 bits per heavy atom. The summed E-state index contributed by atoms with van der Waals surface area (Å²) >= 11 is 0. The SMILES string of the molecule is COC(c1ccccc1)c1noc(CNC2CC2)n1. The molecule has 1 aliphatic carbocycles. The molecule has 1 aromatic heterocycles. The minimum atomic E-state index is -0.278. The summed E-state index contributed by atoms with van der Waals surface area (Å²) in [7, 11) is 1.65. The van der Waals surface area contributed by atoms with Crippen molar-refractivity contribution in [1.82, 2.24) is 15.5 Å². The highest BCUT2D eigenvalue weighted by molar-refractivity contribution is 5.22. The molecule has 100 valence electrons. The molecule has 1 heterocycles. The largest absolute Gasteiger partial charge is 0.369 e. The second-order valence-electron chi connectivity index (χ2n) is 4.73. The molecule has 1 unspecified atom stereocenters. The average molecular weight is 259 g/mol. The number of methoxy groups -OCH3 is 1. The molecule has 0 spiro atoms. The fraction of sp³-hybridized carbons (Fsp3) is 0.429. The summed E-state index contributed by atoms with van der Waals surface area (Å²) in [6, 6.07) is 10.5. The normalized spacial score (nSPS) is 16.5. The van der Waals surface area contributed by atoms with Crippen molar-refractivity contribution in [2.24, 2.45) is 0 Å². The van der Waals surface area contributed by atoms with E-state index in [1.54, 1.807) is 7.11 Å². The molecule has 1 aromatic carbocycles. The third-order valence-corrected chi connectivity index (χ3v) is 3.18. The van der Waals surface area contributed by atoms with Gasteiger partial charge in [-0.15, -0.1) is 0 Å². The van der Waals surface area contributed by atoms with E-state index in [4.69, 9.17) is 9.26 Å². The highest BCUT2D eigenvalue weighted by Gasteiger charge is 2.23. The number of nitrogens with zero attached hydrogens (tertiary/aromatic N) is 2. The number of hydrogen-bond donors (Lipinski definition) is 1. The van der Waals surface area contributed by atoms with Crippen molar-refractivity contribution in [3.63, 3.8) is 0 Å². The summed E-state index contributed by atoms with van der Waals surface area (Å²) in [6.45, 7) is 0.628. The lowest BCUT2D eigenvalue weighted by Gasteiger charge is -2.10. The third kappa shape index (κ3) is 3.00. The summed E-state index contributed by atoms with van der Waals surface area (Å²) in [5, 5.41) is 7.36. The predicted octanol–water partition coefficient (Wildman–Crippen LogP) is 2.06. The van der Waals surface area contributed by atoms with Crippen LogP contribution in [0.3, 0.4) is 0 Å². The van der Waals surface area contributed by atoms with Gasteiger partial charge in [-0.25, -0.2) is 0 Å². The lowest BCUT2D eigenvalue weighted by Crippen LogP contribution is -2.15. The molecule has 0 saturated heterocycles. The van der Waals surface area contributed by atoms with Crippen molar-refractivity contribution in [2.45, 2.75) is 31.5 Å². The van der Waals surface area contributed by atoms with Crippen LogP contribution in [0, 0.1) is 0 Å². The number of hydrogen-bond acceptors (Lipinski definition) is 5. The molecule has 1 aliphatic rings. The van der Waals surface area contributed by atoms with Gasteiger partial charge in [0, 0.05) is 13.2 Å². The highest BCUT2D eigenvalue weighted by atomic mass is 16.5. The monoisotopic (exact) mass is 259 g/mol. The van der Waals surface area contributed by atoms with E-state index in [2.05, 4.69) is 15.5 Å². The van der Waals surface area contributed by atoms with Gasteiger partial charge in [-0.3, -0.25) is 0 Å². The Bertz CT molecular complexity index is 522. The van der Waals surface area contributed by atoms with Gasteiger partial charge in [0.1, 0.15) is 6.10 Å². The van der Waals surface area contributed by atoms with Crippen LogP contribution in [0.25, 0.3) is 0 Å². The van der Waals surface area contributed by atoms with Crippen LogP contribution < -0.4 is 5.32 Å². The topological polar surface area (TPSA) is 60.2 Å². The standard InChI is InChI=1S/C14H17N3O2/c1-18-13(10-5-3-2-4-6-10)14-16-12(19-17-14)9-15-11-7-8-11/h2-6,11,13,15H,7-9H2,1H3. The fourth-order valence-electron chi connectivity index (χ4n) is 1.98. The molecule has 0 amide bonds. The van der Waals surface area contributed by atoms with Crippen LogP contribution in [-0.4, -0.2) is 23.3 Å². The maximum absolute atomic E-state index is 5.47. The van der Waals surface area contributed by atoms with E-state index in [1.165, 1.54) is 12.8 Å². The van der Waals surface area contributed by atoms with Gasteiger partial charge in [-0.2, -0.15) is 4.98 Å². The quantitative estimate of drug-likeness (QED) is 0.860. The van der Waals surface area contributed by atoms with Gasteiger partial charge in [-0.05, 0) is 18.4 Å². The zero-order valence-corrected chi connectivity index (χ0v) is 10.9. The summed E-state index contributed by atoms with van der Waals surface area (Å²) in [6.07, 6.45) is 2.21. The second kappa shape index (κ2) is 5.50. The first-order chi connectivity index (χ1) is 9.36. The summed E-state index contributed by atoms with van der Waals surface area (Å²) in [5.41, 5.74) is 1.02. The van der Waals surface area contributed by atoms with Gasteiger partial charge in [0.2, 0.25) is 11.7 Å². The van der Waals surface area contributed by atoms with Crippen molar-refractivity contribution >= 4 is 0 Å². The van der Waals surface area contributed by atoms with E-state index in [1.807, 2.05) is 30.3 Å². The van der Waals surface area contributed by atoms with Crippen molar-refractivity contribution in [1.29, 1.82) is 0 Å². The molecule has 1 fully saturated rings. The Labute approximate surface area is 112 Å². The molecule has 3 rings (SSSR count). The molecule has 5 nitrogen and oxygen atoms in total. The van der Waals surface area contributed by atoms with Crippen LogP contribution in [0.15, 0.2) is 34.9 Å². The number of ether oxygens (including phenoxy) is 1. The highest BCUT2D eigenvalue weighted by Crippen LogP contribution is 2.23. The summed E-state index contributed by atoms with van der Waals surface area (Å²) < 4.78 is 10.7. The van der Waals surface area contributed by atoms with E-state index >= 15 is 0 Å². The van der Waals surface area contributed by atoms with Crippen LogP contribution in [0.2, 0.25) is 0 Å². The smallest absolute Gasteiger partial charge is 0.240 e. The van der Waals surface area contributed by atoms with Crippen LogP contribution >= 0.6 is 0 Å². The van der Waals surface area contributed by atoms with Crippen molar-refractivity contribution in [3.05, 3.63) is 47.6 Å². The lowest BCUT2D eigenvalue weighted by atomic mass is 10.1. The van der Waals surface area contributed by atoms with Gasteiger partial charge in [-0.1, -0.05) is 35.5 Å². The van der Waals surface area contributed by atoms with E-state index < -0.39 is 0 Å². The molecular formula is C14H17N3O2. The minimum Gasteiger partial charge on any atom is -0.369 e. The van der Waals surface area contributed by atoms with Gasteiger partial charge >= 0.3 is 0 Å². The number of benzene rings is 1. The second-order valence-corrected chi connectivity index (χ2v) is 4.73. The first-order valence-corrected chi connectivity index (χ1v) is 6.50. The van der Waals surface area contributed by atoms with Crippen LogP contribution in [0.4, 0.5) is 0 Å². The van der Waals surface area contributed by atoms with E-state index in [-0.39, 0.29) is 6.10 Å².